The minimum absolute atomic E-state index is 0.0216. The molecule has 0 radical (unpaired) electrons. The summed E-state index contributed by atoms with van der Waals surface area (Å²) in [6, 6.07) is 14.0. The van der Waals surface area contributed by atoms with Crippen LogP contribution < -0.4 is 5.32 Å². The van der Waals surface area contributed by atoms with Crippen LogP contribution >= 0.6 is 15.9 Å². The van der Waals surface area contributed by atoms with Crippen LogP contribution in [0.4, 0.5) is 11.4 Å². The van der Waals surface area contributed by atoms with Gasteiger partial charge in [0.05, 0.1) is 16.2 Å². The summed E-state index contributed by atoms with van der Waals surface area (Å²) in [5, 5.41) is 23.1. The molecule has 0 bridgehead atoms. The van der Waals surface area contributed by atoms with Gasteiger partial charge in [-0.15, -0.1) is 0 Å². The van der Waals surface area contributed by atoms with Gasteiger partial charge in [-0.1, -0.05) is 28.1 Å². The van der Waals surface area contributed by atoms with Crippen LogP contribution in [0.15, 0.2) is 46.9 Å². The average molecular weight is 346 g/mol. The van der Waals surface area contributed by atoms with E-state index in [4.69, 9.17) is 5.26 Å². The molecule has 5 nitrogen and oxygen atoms in total. The SMILES string of the molecule is CC(Nc1ccc([N+](=O)[O-])cc1C#N)c1ccc(Br)cc1. The van der Waals surface area contributed by atoms with E-state index in [1.807, 2.05) is 37.3 Å². The van der Waals surface area contributed by atoms with Crippen molar-refractivity contribution in [3.8, 4) is 6.07 Å². The first kappa shape index (κ1) is 15.0. The summed E-state index contributed by atoms with van der Waals surface area (Å²) in [6.45, 7) is 1.96. The molecule has 0 saturated carbocycles. The van der Waals surface area contributed by atoms with Gasteiger partial charge in [0.15, 0.2) is 0 Å². The van der Waals surface area contributed by atoms with Crippen LogP contribution in [0, 0.1) is 21.4 Å². The Bertz CT molecular complexity index is 708. The lowest BCUT2D eigenvalue weighted by Crippen LogP contribution is -2.08. The van der Waals surface area contributed by atoms with E-state index in [1.165, 1.54) is 12.1 Å². The van der Waals surface area contributed by atoms with E-state index >= 15 is 0 Å². The molecule has 0 aliphatic heterocycles. The van der Waals surface area contributed by atoms with Crippen molar-refractivity contribution in [2.24, 2.45) is 0 Å². The minimum Gasteiger partial charge on any atom is -0.377 e. The zero-order valence-corrected chi connectivity index (χ0v) is 12.8. The van der Waals surface area contributed by atoms with Crippen molar-refractivity contribution in [1.29, 1.82) is 5.26 Å². The smallest absolute Gasteiger partial charge is 0.270 e. The van der Waals surface area contributed by atoms with Crippen molar-refractivity contribution in [3.63, 3.8) is 0 Å². The second-order valence-electron chi connectivity index (χ2n) is 4.52. The number of nitrogens with zero attached hydrogens (tertiary/aromatic N) is 2. The number of hydrogen-bond donors (Lipinski definition) is 1. The first-order valence-electron chi connectivity index (χ1n) is 6.22. The van der Waals surface area contributed by atoms with Crippen molar-refractivity contribution < 1.29 is 4.92 Å². The van der Waals surface area contributed by atoms with E-state index in [2.05, 4.69) is 21.2 Å². The van der Waals surface area contributed by atoms with Crippen LogP contribution in [0.25, 0.3) is 0 Å². The molecule has 21 heavy (non-hydrogen) atoms. The fraction of sp³-hybridized carbons (Fsp3) is 0.133. The number of non-ortho nitro benzene ring substituents is 1. The molecule has 2 rings (SSSR count). The molecular weight excluding hydrogens is 334 g/mol. The number of benzene rings is 2. The van der Waals surface area contributed by atoms with Crippen molar-refractivity contribution >= 4 is 27.3 Å². The zero-order chi connectivity index (χ0) is 15.4. The average Bonchev–Trinajstić information content (AvgIpc) is 2.48. The monoisotopic (exact) mass is 345 g/mol. The fourth-order valence-corrected chi connectivity index (χ4v) is 2.20. The third-order valence-corrected chi connectivity index (χ3v) is 3.61. The molecule has 0 aliphatic carbocycles. The summed E-state index contributed by atoms with van der Waals surface area (Å²) in [5.74, 6) is 0. The number of anilines is 1. The Morgan fingerprint density at radius 2 is 1.95 bits per heavy atom. The van der Waals surface area contributed by atoms with E-state index in [0.717, 1.165) is 10.0 Å². The summed E-state index contributed by atoms with van der Waals surface area (Å²) in [6.07, 6.45) is 0. The topological polar surface area (TPSA) is 79.0 Å². The third-order valence-electron chi connectivity index (χ3n) is 3.08. The van der Waals surface area contributed by atoms with Gasteiger partial charge in [-0.05, 0) is 30.7 Å². The van der Waals surface area contributed by atoms with Crippen molar-refractivity contribution in [2.45, 2.75) is 13.0 Å². The molecule has 2 aromatic carbocycles. The summed E-state index contributed by atoms with van der Waals surface area (Å²) < 4.78 is 0.992. The van der Waals surface area contributed by atoms with Crippen LogP contribution in [0.3, 0.4) is 0 Å². The number of rotatable bonds is 4. The summed E-state index contributed by atoms with van der Waals surface area (Å²) >= 11 is 3.38. The predicted octanol–water partition coefficient (Wildman–Crippen LogP) is 4.40. The number of hydrogen-bond acceptors (Lipinski definition) is 4. The van der Waals surface area contributed by atoms with Gasteiger partial charge >= 0.3 is 0 Å². The summed E-state index contributed by atoms with van der Waals surface area (Å²) in [5.41, 5.74) is 1.81. The maximum absolute atomic E-state index is 10.7. The number of nitro groups is 1. The second kappa shape index (κ2) is 6.37. The van der Waals surface area contributed by atoms with Gasteiger partial charge in [0, 0.05) is 22.6 Å². The molecule has 106 valence electrons. The molecule has 1 atom stereocenters. The number of nitro benzene ring substituents is 1. The van der Waals surface area contributed by atoms with Crippen LogP contribution in [-0.4, -0.2) is 4.92 Å². The first-order chi connectivity index (χ1) is 10.0. The van der Waals surface area contributed by atoms with Gasteiger partial charge in [0.1, 0.15) is 6.07 Å². The maximum atomic E-state index is 10.7. The highest BCUT2D eigenvalue weighted by molar-refractivity contribution is 9.10. The molecule has 1 unspecified atom stereocenters. The van der Waals surface area contributed by atoms with Crippen molar-refractivity contribution in [1.82, 2.24) is 0 Å². The predicted molar refractivity (Wildman–Crippen MR) is 84.0 cm³/mol. The lowest BCUT2D eigenvalue weighted by molar-refractivity contribution is -0.384. The molecule has 0 aliphatic rings. The second-order valence-corrected chi connectivity index (χ2v) is 5.43. The van der Waals surface area contributed by atoms with Gasteiger partial charge < -0.3 is 5.32 Å². The Hall–Kier alpha value is -2.39. The Kier molecular flexibility index (Phi) is 4.55. The molecule has 1 N–H and O–H groups in total. The van der Waals surface area contributed by atoms with Crippen LogP contribution in [0.5, 0.6) is 0 Å². The number of nitriles is 1. The standard InChI is InChI=1S/C15H12BrN3O2/c1-10(11-2-4-13(16)5-3-11)18-15-7-6-14(19(20)21)8-12(15)9-17/h2-8,10,18H,1H3. The quantitative estimate of drug-likeness (QED) is 0.657. The van der Waals surface area contributed by atoms with E-state index < -0.39 is 4.92 Å². The third kappa shape index (κ3) is 3.58. The minimum atomic E-state index is -0.511. The normalized spacial score (nSPS) is 11.5. The molecule has 0 amide bonds. The van der Waals surface area contributed by atoms with Gasteiger partial charge in [-0.2, -0.15) is 5.26 Å². The van der Waals surface area contributed by atoms with Crippen LogP contribution in [0.2, 0.25) is 0 Å². The molecule has 0 fully saturated rings. The first-order valence-corrected chi connectivity index (χ1v) is 7.01. The van der Waals surface area contributed by atoms with Gasteiger partial charge in [0.25, 0.3) is 5.69 Å². The summed E-state index contributed by atoms with van der Waals surface area (Å²) in [7, 11) is 0. The van der Waals surface area contributed by atoms with E-state index in [-0.39, 0.29) is 17.3 Å². The molecular formula is C15H12BrN3O2. The van der Waals surface area contributed by atoms with E-state index in [0.29, 0.717) is 5.69 Å². The zero-order valence-electron chi connectivity index (χ0n) is 11.2. The Balaban J connectivity index is 2.25. The van der Waals surface area contributed by atoms with Crippen LogP contribution in [0.1, 0.15) is 24.1 Å². The molecule has 6 heteroatoms. The Labute approximate surface area is 130 Å². The molecule has 0 heterocycles. The largest absolute Gasteiger partial charge is 0.377 e. The fourth-order valence-electron chi connectivity index (χ4n) is 1.93. The Morgan fingerprint density at radius 3 is 2.52 bits per heavy atom. The maximum Gasteiger partial charge on any atom is 0.270 e. The van der Waals surface area contributed by atoms with Gasteiger partial charge in [0.2, 0.25) is 0 Å². The van der Waals surface area contributed by atoms with E-state index in [9.17, 15) is 10.1 Å². The highest BCUT2D eigenvalue weighted by Crippen LogP contribution is 2.26. The Morgan fingerprint density at radius 1 is 1.29 bits per heavy atom. The molecule has 2 aromatic rings. The lowest BCUT2D eigenvalue weighted by Gasteiger charge is -2.16. The highest BCUT2D eigenvalue weighted by atomic mass is 79.9. The number of nitrogens with one attached hydrogen (secondary N) is 1. The van der Waals surface area contributed by atoms with Crippen LogP contribution in [-0.2, 0) is 0 Å². The number of halogens is 1. The lowest BCUT2D eigenvalue weighted by atomic mass is 10.1. The van der Waals surface area contributed by atoms with Gasteiger partial charge in [-0.25, -0.2) is 0 Å². The summed E-state index contributed by atoms with van der Waals surface area (Å²) in [4.78, 5) is 10.2. The van der Waals surface area contributed by atoms with E-state index in [1.54, 1.807) is 6.07 Å². The van der Waals surface area contributed by atoms with Crippen molar-refractivity contribution in [2.75, 3.05) is 5.32 Å². The molecule has 0 spiro atoms. The molecule has 0 saturated heterocycles. The highest BCUT2D eigenvalue weighted by Gasteiger charge is 2.13. The van der Waals surface area contributed by atoms with Gasteiger partial charge in [-0.3, -0.25) is 10.1 Å². The molecule has 0 aromatic heterocycles. The van der Waals surface area contributed by atoms with Crippen molar-refractivity contribution in [3.05, 3.63) is 68.2 Å².